The molecule has 4 aliphatic rings. The van der Waals surface area contributed by atoms with E-state index in [4.69, 9.17) is 37.9 Å². The van der Waals surface area contributed by atoms with Gasteiger partial charge in [0.15, 0.2) is 11.9 Å². The largest absolute Gasteiger partial charge is 0.493 e. The maximum absolute atomic E-state index is 13.5. The normalized spacial score (nSPS) is 35.7. The summed E-state index contributed by atoms with van der Waals surface area (Å²) in [6, 6.07) is 0. The molecule has 4 heterocycles. The van der Waals surface area contributed by atoms with Gasteiger partial charge < -0.3 is 58.3 Å². The molecule has 17 heteroatoms. The second kappa shape index (κ2) is 23.4. The van der Waals surface area contributed by atoms with Crippen LogP contribution in [0.4, 0.5) is 0 Å². The topological polar surface area (TPSA) is 226 Å². The predicted molar refractivity (Wildman–Crippen MR) is 241 cm³/mol. The van der Waals surface area contributed by atoms with Crippen LogP contribution in [0.3, 0.4) is 0 Å². The molecule has 0 amide bonds. The van der Waals surface area contributed by atoms with Gasteiger partial charge in [-0.1, -0.05) is 78.0 Å². The summed E-state index contributed by atoms with van der Waals surface area (Å²) in [5, 5.41) is 48.1. The lowest BCUT2D eigenvalue weighted by Gasteiger charge is -2.54. The number of carbonyl (C=O) groups is 4. The highest BCUT2D eigenvalue weighted by atomic mass is 16.7. The number of hydrogen-bond donors (Lipinski definition) is 4. The van der Waals surface area contributed by atoms with Crippen LogP contribution in [0.15, 0.2) is 60.4 Å². The summed E-state index contributed by atoms with van der Waals surface area (Å²) in [4.78, 5) is 53.6. The van der Waals surface area contributed by atoms with Crippen LogP contribution in [-0.2, 0) is 57.1 Å². The van der Waals surface area contributed by atoms with E-state index in [1.807, 2.05) is 13.0 Å². The van der Waals surface area contributed by atoms with Gasteiger partial charge in [0.2, 0.25) is 5.79 Å². The third-order valence-electron chi connectivity index (χ3n) is 12.8. The van der Waals surface area contributed by atoms with E-state index in [0.29, 0.717) is 0 Å². The van der Waals surface area contributed by atoms with Crippen LogP contribution >= 0.6 is 0 Å². The summed E-state index contributed by atoms with van der Waals surface area (Å²) >= 11 is 0. The molecule has 0 aromatic rings. The molecule has 1 unspecified atom stereocenters. The summed E-state index contributed by atoms with van der Waals surface area (Å²) in [5.74, 6) is -6.95. The number of aliphatic hydroxyl groups is 4. The van der Waals surface area contributed by atoms with Crippen LogP contribution in [0.5, 0.6) is 0 Å². The lowest BCUT2D eigenvalue weighted by Crippen LogP contribution is -2.62. The van der Waals surface area contributed by atoms with Gasteiger partial charge >= 0.3 is 23.9 Å². The number of ether oxygens (including phenoxy) is 8. The van der Waals surface area contributed by atoms with Crippen molar-refractivity contribution < 1.29 is 77.5 Å². The van der Waals surface area contributed by atoms with Gasteiger partial charge in [-0.25, -0.2) is 9.59 Å². The lowest BCUT2D eigenvalue weighted by atomic mass is 9.70. The number of carbonyl (C=O) groups excluding carboxylic acids is 4. The van der Waals surface area contributed by atoms with E-state index < -0.39 is 107 Å². The van der Waals surface area contributed by atoms with Crippen LogP contribution in [0.2, 0.25) is 0 Å². The fourth-order valence-corrected chi connectivity index (χ4v) is 8.97. The van der Waals surface area contributed by atoms with Gasteiger partial charge in [-0.15, -0.1) is 0 Å². The first-order chi connectivity index (χ1) is 30.8. The number of fused-ring (bicyclic) bond motifs is 6. The van der Waals surface area contributed by atoms with Crippen LogP contribution in [0.1, 0.15) is 113 Å². The van der Waals surface area contributed by atoms with E-state index in [2.05, 4.69) is 6.58 Å². The first-order valence-corrected chi connectivity index (χ1v) is 23.0. The smallest absolute Gasteiger partial charge is 0.331 e. The minimum absolute atomic E-state index is 0.00831. The zero-order valence-electron chi connectivity index (χ0n) is 40.4. The first-order valence-electron chi connectivity index (χ1n) is 23.0. The Hall–Kier alpha value is -3.94. The number of rotatable bonds is 11. The number of methoxy groups -OCH3 is 1. The summed E-state index contributed by atoms with van der Waals surface area (Å²) in [6.45, 7) is 15.6. The molecule has 0 aliphatic carbocycles. The Morgan fingerprint density at radius 3 is 2.29 bits per heavy atom. The molecular formula is C49H75NO16. The molecule has 0 radical (unpaired) electrons. The van der Waals surface area contributed by atoms with Crippen molar-refractivity contribution in [2.75, 3.05) is 27.7 Å². The van der Waals surface area contributed by atoms with Gasteiger partial charge in [-0.3, -0.25) is 14.5 Å². The molecule has 0 aromatic carbocycles. The van der Waals surface area contributed by atoms with E-state index >= 15 is 0 Å². The Bertz CT molecular complexity index is 1820. The van der Waals surface area contributed by atoms with Gasteiger partial charge in [0, 0.05) is 69.4 Å². The highest BCUT2D eigenvalue weighted by molar-refractivity contribution is 5.84. The van der Waals surface area contributed by atoms with Gasteiger partial charge in [-0.2, -0.15) is 0 Å². The Morgan fingerprint density at radius 2 is 1.65 bits per heavy atom. The van der Waals surface area contributed by atoms with E-state index in [1.165, 1.54) is 33.1 Å². The van der Waals surface area contributed by atoms with Crippen LogP contribution in [-0.4, -0.2) is 150 Å². The van der Waals surface area contributed by atoms with Crippen LogP contribution < -0.4 is 0 Å². The van der Waals surface area contributed by atoms with Gasteiger partial charge in [-0.05, 0) is 39.4 Å². The van der Waals surface area contributed by atoms with Crippen molar-refractivity contribution in [3.63, 3.8) is 0 Å². The number of esters is 4. The molecule has 0 aromatic heterocycles. The average Bonchev–Trinajstić information content (AvgIpc) is 3.19. The maximum atomic E-state index is 13.5. The quantitative estimate of drug-likeness (QED) is 0.0728. The minimum atomic E-state index is -2.41. The molecule has 12 atom stereocenters. The molecule has 4 aliphatic heterocycles. The Balaban J connectivity index is 1.88. The van der Waals surface area contributed by atoms with Gasteiger partial charge in [0.25, 0.3) is 0 Å². The molecule has 0 saturated carbocycles. The summed E-state index contributed by atoms with van der Waals surface area (Å²) in [6.07, 6.45) is 2.73. The molecule has 6 bridgehead atoms. The average molecular weight is 934 g/mol. The lowest BCUT2D eigenvalue weighted by molar-refractivity contribution is -0.350. The van der Waals surface area contributed by atoms with E-state index in [-0.39, 0.29) is 69.2 Å². The molecule has 3 fully saturated rings. The molecule has 3 saturated heterocycles. The van der Waals surface area contributed by atoms with Crippen molar-refractivity contribution in [2.24, 2.45) is 10.8 Å². The van der Waals surface area contributed by atoms with Crippen molar-refractivity contribution >= 4 is 23.9 Å². The minimum Gasteiger partial charge on any atom is -0.493 e. The number of allylic oxidation sites excluding steroid dienone is 3. The Labute approximate surface area is 389 Å². The third kappa shape index (κ3) is 14.5. The molecule has 4 rings (SSSR count). The maximum Gasteiger partial charge on any atom is 0.331 e. The fourth-order valence-electron chi connectivity index (χ4n) is 8.97. The zero-order valence-corrected chi connectivity index (χ0v) is 40.4. The summed E-state index contributed by atoms with van der Waals surface area (Å²) in [7, 11) is 4.67. The molecule has 0 spiro atoms. The molecule has 17 nitrogen and oxygen atoms in total. The highest BCUT2D eigenvalue weighted by Gasteiger charge is 2.59. The van der Waals surface area contributed by atoms with Crippen molar-refractivity contribution in [1.82, 2.24) is 4.90 Å². The van der Waals surface area contributed by atoms with Crippen molar-refractivity contribution in [3.05, 3.63) is 60.4 Å². The zero-order chi connectivity index (χ0) is 49.2. The highest BCUT2D eigenvalue weighted by Crippen LogP contribution is 2.50. The predicted octanol–water partition coefficient (Wildman–Crippen LogP) is 4.64. The van der Waals surface area contributed by atoms with E-state index in [9.17, 15) is 39.6 Å². The Morgan fingerprint density at radius 1 is 0.939 bits per heavy atom. The molecule has 4 N–H and O–H groups in total. The van der Waals surface area contributed by atoms with Crippen molar-refractivity contribution in [3.8, 4) is 0 Å². The first kappa shape index (κ1) is 54.7. The Kier molecular flexibility index (Phi) is 19.4. The number of aliphatic hydroxyl groups excluding tert-OH is 2. The molecular weight excluding hydrogens is 859 g/mol. The van der Waals surface area contributed by atoms with Crippen molar-refractivity contribution in [2.45, 2.75) is 185 Å². The van der Waals surface area contributed by atoms with E-state index in [1.54, 1.807) is 64.9 Å². The standard InChI is InChI=1S/C49H75NO16/c1-12-13-14-15-16-17-42(54)64-45-33(22-43(55)59-11)21-37-26-40(31(3)51)60-30(2)20-34(53)23-38-27-41(61-32(4)52)47(7,8)48(57,65-38)28-39-25-36(63-44(56)29-50(9)10)24-35(62-39)18-19-46(5,6)49(45,58)66-37/h14-19,22,31,34-41,45,51,53,57-58H,2,12-13,20-21,23-29H2,1,3-11H3/b15-14+,17-16+,19-18+,33-22+/t31-,34?,35+,36-,37+,38-,39+,40-,41+,45+,48+,49-/m1/s1. The molecule has 372 valence electrons. The van der Waals surface area contributed by atoms with E-state index in [0.717, 1.165) is 18.9 Å². The second-order valence-electron chi connectivity index (χ2n) is 19.5. The summed E-state index contributed by atoms with van der Waals surface area (Å²) in [5.41, 5.74) is -2.51. The van der Waals surface area contributed by atoms with Gasteiger partial charge in [0.05, 0.1) is 61.5 Å². The monoisotopic (exact) mass is 934 g/mol. The third-order valence-corrected chi connectivity index (χ3v) is 12.8. The summed E-state index contributed by atoms with van der Waals surface area (Å²) < 4.78 is 48.6. The number of nitrogens with zero attached hydrogens (tertiary/aromatic N) is 1. The van der Waals surface area contributed by atoms with Crippen LogP contribution in [0, 0.1) is 10.8 Å². The number of likely N-dealkylation sites (N-methyl/N-ethyl adjacent to an activating group) is 1. The SMILES string of the molecule is C=C1CC(O)C[C@@H]2C[C@H](OC(C)=O)C(C)(C)[C@](O)(C[C@@H]3C[C@H](OC(=O)CN(C)C)C[C@H](/C=C/C(C)(C)[C@]4(O)O[C@@H](C/C(=C\C(=O)OC)[C@@H]4OC(=O)/C=C/C=C/CCC)C[C@H]([C@@H](C)O)O1)O3)O2. The second-order valence-corrected chi connectivity index (χ2v) is 19.5. The van der Waals surface area contributed by atoms with Gasteiger partial charge in [0.1, 0.15) is 18.3 Å². The van der Waals surface area contributed by atoms with Crippen LogP contribution in [0.25, 0.3) is 0 Å². The molecule has 66 heavy (non-hydrogen) atoms. The fraction of sp³-hybridized carbons (Fsp3) is 0.714. The van der Waals surface area contributed by atoms with Crippen molar-refractivity contribution in [1.29, 1.82) is 0 Å². The number of hydrogen-bond acceptors (Lipinski definition) is 17. The number of unbranched alkanes of at least 4 members (excludes halogenated alkanes) is 1.